The molecule has 1 heterocycles. The molecule has 25 heavy (non-hydrogen) atoms. The van der Waals surface area contributed by atoms with E-state index >= 15 is 0 Å². The van der Waals surface area contributed by atoms with Crippen LogP contribution in [0.1, 0.15) is 37.3 Å². The maximum Gasteiger partial charge on any atom is 0.229 e. The highest BCUT2D eigenvalue weighted by Crippen LogP contribution is 2.23. The molecule has 1 aliphatic rings. The lowest BCUT2D eigenvalue weighted by Crippen LogP contribution is -2.28. The third-order valence-electron chi connectivity index (χ3n) is 4.62. The minimum Gasteiger partial charge on any atom is -0.338 e. The molecule has 0 bridgehead atoms. The fourth-order valence-corrected chi connectivity index (χ4v) is 3.12. The lowest BCUT2D eigenvalue weighted by atomic mass is 10.0. The van der Waals surface area contributed by atoms with Crippen molar-refractivity contribution in [3.05, 3.63) is 65.7 Å². The molecule has 2 aromatic rings. The maximum absolute atomic E-state index is 12.5. The molecule has 0 spiro atoms. The van der Waals surface area contributed by atoms with Crippen LogP contribution in [0.3, 0.4) is 0 Å². The van der Waals surface area contributed by atoms with Crippen molar-refractivity contribution in [1.29, 1.82) is 0 Å². The highest BCUT2D eigenvalue weighted by Gasteiger charge is 2.34. The van der Waals surface area contributed by atoms with Gasteiger partial charge in [0.25, 0.3) is 0 Å². The van der Waals surface area contributed by atoms with Crippen molar-refractivity contribution < 1.29 is 9.59 Å². The Hall–Kier alpha value is -2.62. The molecule has 0 radical (unpaired) electrons. The van der Waals surface area contributed by atoms with Crippen LogP contribution in [0.25, 0.3) is 0 Å². The second-order valence-electron chi connectivity index (χ2n) is 6.93. The zero-order valence-electron chi connectivity index (χ0n) is 14.7. The molecule has 0 aliphatic carbocycles. The predicted molar refractivity (Wildman–Crippen MR) is 99.1 cm³/mol. The molecule has 2 aromatic carbocycles. The Morgan fingerprint density at radius 1 is 1.16 bits per heavy atom. The predicted octanol–water partition coefficient (Wildman–Crippen LogP) is 3.80. The number of amides is 2. The van der Waals surface area contributed by atoms with Crippen LogP contribution in [0.15, 0.2) is 54.6 Å². The van der Waals surface area contributed by atoms with Gasteiger partial charge in [0.2, 0.25) is 11.8 Å². The number of anilines is 1. The van der Waals surface area contributed by atoms with Crippen molar-refractivity contribution in [3.63, 3.8) is 0 Å². The smallest absolute Gasteiger partial charge is 0.229 e. The molecule has 1 atom stereocenters. The van der Waals surface area contributed by atoms with E-state index in [4.69, 9.17) is 0 Å². The summed E-state index contributed by atoms with van der Waals surface area (Å²) in [5.41, 5.74) is 3.07. The van der Waals surface area contributed by atoms with Crippen LogP contribution >= 0.6 is 0 Å². The highest BCUT2D eigenvalue weighted by molar-refractivity contribution is 5.97. The van der Waals surface area contributed by atoms with E-state index < -0.39 is 0 Å². The average molecular weight is 336 g/mol. The Morgan fingerprint density at radius 2 is 1.92 bits per heavy atom. The maximum atomic E-state index is 12.5. The van der Waals surface area contributed by atoms with Crippen molar-refractivity contribution in [2.24, 2.45) is 5.92 Å². The van der Waals surface area contributed by atoms with Gasteiger partial charge in [-0.1, -0.05) is 56.3 Å². The summed E-state index contributed by atoms with van der Waals surface area (Å²) < 4.78 is 0. The number of rotatable bonds is 5. The second kappa shape index (κ2) is 7.51. The van der Waals surface area contributed by atoms with E-state index in [0.29, 0.717) is 19.0 Å². The summed E-state index contributed by atoms with van der Waals surface area (Å²) in [5, 5.41) is 2.97. The van der Waals surface area contributed by atoms with E-state index in [1.54, 1.807) is 4.90 Å². The Labute approximate surface area is 148 Å². The number of hydrogen-bond donors (Lipinski definition) is 1. The standard InChI is InChI=1S/C21H24N2O2/c1-15(2)17-9-6-10-19(11-17)22-21(25)18-12-20(24)23(14-18)13-16-7-4-3-5-8-16/h3-11,15,18H,12-14H2,1-2H3,(H,22,25). The van der Waals surface area contributed by atoms with E-state index in [9.17, 15) is 9.59 Å². The molecule has 4 nitrogen and oxygen atoms in total. The number of carbonyl (C=O) groups excluding carboxylic acids is 2. The van der Waals surface area contributed by atoms with E-state index in [1.807, 2.05) is 48.5 Å². The first-order valence-corrected chi connectivity index (χ1v) is 8.75. The number of hydrogen-bond acceptors (Lipinski definition) is 2. The van der Waals surface area contributed by atoms with Crippen LogP contribution < -0.4 is 5.32 Å². The van der Waals surface area contributed by atoms with Gasteiger partial charge in [-0.05, 0) is 29.2 Å². The van der Waals surface area contributed by atoms with Gasteiger partial charge in [0.05, 0.1) is 5.92 Å². The molecule has 1 saturated heterocycles. The second-order valence-corrected chi connectivity index (χ2v) is 6.93. The van der Waals surface area contributed by atoms with Gasteiger partial charge in [-0.3, -0.25) is 9.59 Å². The van der Waals surface area contributed by atoms with Crippen LogP contribution in [-0.4, -0.2) is 23.3 Å². The quantitative estimate of drug-likeness (QED) is 0.903. The Kier molecular flexibility index (Phi) is 5.17. The molecule has 4 heteroatoms. The van der Waals surface area contributed by atoms with Crippen molar-refractivity contribution in [3.8, 4) is 0 Å². The number of carbonyl (C=O) groups is 2. The minimum atomic E-state index is -0.293. The summed E-state index contributed by atoms with van der Waals surface area (Å²) in [5.74, 6) is 0.0787. The first-order chi connectivity index (χ1) is 12.0. The average Bonchev–Trinajstić information content (AvgIpc) is 2.97. The molecule has 1 aliphatic heterocycles. The molecule has 1 fully saturated rings. The van der Waals surface area contributed by atoms with E-state index in [2.05, 4.69) is 25.2 Å². The first-order valence-electron chi connectivity index (χ1n) is 8.75. The Balaban J connectivity index is 1.62. The molecular weight excluding hydrogens is 312 g/mol. The monoisotopic (exact) mass is 336 g/mol. The number of benzene rings is 2. The fraction of sp³-hybridized carbons (Fsp3) is 0.333. The van der Waals surface area contributed by atoms with Crippen molar-refractivity contribution in [1.82, 2.24) is 4.90 Å². The van der Waals surface area contributed by atoms with Gasteiger partial charge in [0, 0.05) is 25.2 Å². The van der Waals surface area contributed by atoms with Crippen molar-refractivity contribution >= 4 is 17.5 Å². The van der Waals surface area contributed by atoms with E-state index in [1.165, 1.54) is 5.56 Å². The zero-order chi connectivity index (χ0) is 17.8. The van der Waals surface area contributed by atoms with E-state index in [-0.39, 0.29) is 24.2 Å². The minimum absolute atomic E-state index is 0.0416. The number of nitrogens with one attached hydrogen (secondary N) is 1. The van der Waals surface area contributed by atoms with Gasteiger partial charge in [-0.2, -0.15) is 0 Å². The van der Waals surface area contributed by atoms with Gasteiger partial charge in [-0.15, -0.1) is 0 Å². The normalized spacial score (nSPS) is 17.2. The summed E-state index contributed by atoms with van der Waals surface area (Å²) >= 11 is 0. The van der Waals surface area contributed by atoms with Gasteiger partial charge >= 0.3 is 0 Å². The van der Waals surface area contributed by atoms with Crippen LogP contribution in [0, 0.1) is 5.92 Å². The lowest BCUT2D eigenvalue weighted by Gasteiger charge is -2.17. The first kappa shape index (κ1) is 17.2. The topological polar surface area (TPSA) is 49.4 Å². The van der Waals surface area contributed by atoms with Crippen LogP contribution in [0.5, 0.6) is 0 Å². The summed E-state index contributed by atoms with van der Waals surface area (Å²) in [6.45, 7) is 5.28. The Bertz CT molecular complexity index is 756. The van der Waals surface area contributed by atoms with Crippen molar-refractivity contribution in [2.45, 2.75) is 32.7 Å². The summed E-state index contributed by atoms with van der Waals surface area (Å²) in [7, 11) is 0. The van der Waals surface area contributed by atoms with Gasteiger partial charge in [0.15, 0.2) is 0 Å². The molecule has 130 valence electrons. The Morgan fingerprint density at radius 3 is 2.64 bits per heavy atom. The molecular formula is C21H24N2O2. The number of likely N-dealkylation sites (tertiary alicyclic amines) is 1. The van der Waals surface area contributed by atoms with E-state index in [0.717, 1.165) is 11.3 Å². The fourth-order valence-electron chi connectivity index (χ4n) is 3.12. The SMILES string of the molecule is CC(C)c1cccc(NC(=O)C2CC(=O)N(Cc3ccccc3)C2)c1. The highest BCUT2D eigenvalue weighted by atomic mass is 16.2. The molecule has 0 saturated carbocycles. The largest absolute Gasteiger partial charge is 0.338 e. The van der Waals surface area contributed by atoms with Gasteiger partial charge < -0.3 is 10.2 Å². The molecule has 1 N–H and O–H groups in total. The third kappa shape index (κ3) is 4.27. The van der Waals surface area contributed by atoms with Crippen LogP contribution in [0.2, 0.25) is 0 Å². The van der Waals surface area contributed by atoms with Crippen LogP contribution in [0.4, 0.5) is 5.69 Å². The molecule has 1 unspecified atom stereocenters. The lowest BCUT2D eigenvalue weighted by molar-refractivity contribution is -0.128. The summed E-state index contributed by atoms with van der Waals surface area (Å²) in [6.07, 6.45) is 0.280. The summed E-state index contributed by atoms with van der Waals surface area (Å²) in [6, 6.07) is 17.8. The summed E-state index contributed by atoms with van der Waals surface area (Å²) in [4.78, 5) is 26.6. The molecule has 2 amide bonds. The van der Waals surface area contributed by atoms with Gasteiger partial charge in [0.1, 0.15) is 0 Å². The third-order valence-corrected chi connectivity index (χ3v) is 4.62. The zero-order valence-corrected chi connectivity index (χ0v) is 14.7. The molecule has 0 aromatic heterocycles. The van der Waals surface area contributed by atoms with Crippen molar-refractivity contribution in [2.75, 3.05) is 11.9 Å². The van der Waals surface area contributed by atoms with Crippen LogP contribution in [-0.2, 0) is 16.1 Å². The number of nitrogens with zero attached hydrogens (tertiary/aromatic N) is 1. The van der Waals surface area contributed by atoms with Gasteiger partial charge in [-0.25, -0.2) is 0 Å². The molecule has 3 rings (SSSR count).